The summed E-state index contributed by atoms with van der Waals surface area (Å²) in [6.45, 7) is 2.83. The lowest BCUT2D eigenvalue weighted by atomic mass is 9.96. The molecule has 0 bridgehead atoms. The molecule has 1 amide bonds. The molecular formula is C25H26Cl2F4N4O2. The Morgan fingerprint density at radius 3 is 2.35 bits per heavy atom. The SMILES string of the molecule is C[C@@H]1C[C@H](N)CN(c2cc(CO)ncc2NC(=O)c2ccc(F)c(-c3c(F)cccc3F)c2F)C1.Cl.Cl. The first-order chi connectivity index (χ1) is 16.7. The predicted molar refractivity (Wildman–Crippen MR) is 138 cm³/mol. The van der Waals surface area contributed by atoms with Gasteiger partial charge in [0.2, 0.25) is 0 Å². The zero-order valence-electron chi connectivity index (χ0n) is 19.7. The van der Waals surface area contributed by atoms with Crippen LogP contribution >= 0.6 is 24.8 Å². The largest absolute Gasteiger partial charge is 0.390 e. The second kappa shape index (κ2) is 12.6. The average Bonchev–Trinajstić information content (AvgIpc) is 2.80. The van der Waals surface area contributed by atoms with Crippen molar-refractivity contribution < 1.29 is 27.5 Å². The number of carbonyl (C=O) groups excluding carboxylic acids is 1. The number of nitrogens with zero attached hydrogens (tertiary/aromatic N) is 2. The van der Waals surface area contributed by atoms with Crippen molar-refractivity contribution >= 4 is 42.1 Å². The first-order valence-electron chi connectivity index (χ1n) is 11.0. The number of amides is 1. The highest BCUT2D eigenvalue weighted by atomic mass is 35.5. The van der Waals surface area contributed by atoms with Gasteiger partial charge in [-0.15, -0.1) is 24.8 Å². The zero-order valence-corrected chi connectivity index (χ0v) is 21.3. The van der Waals surface area contributed by atoms with Crippen LogP contribution in [0.4, 0.5) is 28.9 Å². The topological polar surface area (TPSA) is 91.5 Å². The number of aromatic nitrogens is 1. The van der Waals surface area contributed by atoms with Crippen LogP contribution in [-0.4, -0.2) is 35.1 Å². The fourth-order valence-electron chi connectivity index (χ4n) is 4.41. The molecule has 2 atom stereocenters. The highest BCUT2D eigenvalue weighted by Crippen LogP contribution is 2.34. The number of piperidine rings is 1. The predicted octanol–water partition coefficient (Wildman–Crippen LogP) is 5.07. The molecule has 2 aromatic carbocycles. The summed E-state index contributed by atoms with van der Waals surface area (Å²) in [6.07, 6.45) is 2.15. The van der Waals surface area contributed by atoms with E-state index >= 15 is 4.39 Å². The Bertz CT molecular complexity index is 1250. The number of nitrogens with two attached hydrogens (primary N) is 1. The maximum Gasteiger partial charge on any atom is 0.258 e. The number of benzene rings is 2. The lowest BCUT2D eigenvalue weighted by molar-refractivity contribution is 0.102. The number of carbonyl (C=O) groups is 1. The van der Waals surface area contributed by atoms with Gasteiger partial charge in [0.05, 0.1) is 46.6 Å². The van der Waals surface area contributed by atoms with E-state index in [1.807, 2.05) is 11.8 Å². The fourth-order valence-corrected chi connectivity index (χ4v) is 4.41. The van der Waals surface area contributed by atoms with Crippen molar-refractivity contribution in [3.63, 3.8) is 0 Å². The molecule has 1 aromatic heterocycles. The fraction of sp³-hybridized carbons (Fsp3) is 0.280. The minimum absolute atomic E-state index is 0. The van der Waals surface area contributed by atoms with Crippen LogP contribution in [-0.2, 0) is 6.61 Å². The third kappa shape index (κ3) is 6.32. The molecule has 4 rings (SSSR count). The molecule has 6 nitrogen and oxygen atoms in total. The second-order valence-electron chi connectivity index (χ2n) is 8.69. The van der Waals surface area contributed by atoms with E-state index in [4.69, 9.17) is 5.73 Å². The van der Waals surface area contributed by atoms with E-state index in [1.54, 1.807) is 6.07 Å². The summed E-state index contributed by atoms with van der Waals surface area (Å²) < 4.78 is 58.3. The van der Waals surface area contributed by atoms with Gasteiger partial charge in [0.1, 0.15) is 23.3 Å². The number of rotatable bonds is 5. The van der Waals surface area contributed by atoms with Gasteiger partial charge < -0.3 is 21.1 Å². The third-order valence-corrected chi connectivity index (χ3v) is 5.93. The molecule has 0 aliphatic carbocycles. The van der Waals surface area contributed by atoms with Crippen molar-refractivity contribution in [3.8, 4) is 11.1 Å². The van der Waals surface area contributed by atoms with Gasteiger partial charge in [-0.25, -0.2) is 17.6 Å². The van der Waals surface area contributed by atoms with Crippen LogP contribution in [0.5, 0.6) is 0 Å². The van der Waals surface area contributed by atoms with E-state index in [9.17, 15) is 23.1 Å². The summed E-state index contributed by atoms with van der Waals surface area (Å²) in [5.41, 5.74) is 4.78. The molecule has 1 saturated heterocycles. The number of pyridine rings is 1. The van der Waals surface area contributed by atoms with Gasteiger partial charge in [0.15, 0.2) is 0 Å². The van der Waals surface area contributed by atoms with E-state index in [0.29, 0.717) is 24.5 Å². The van der Waals surface area contributed by atoms with Crippen molar-refractivity contribution in [3.05, 3.63) is 77.1 Å². The minimum atomic E-state index is -1.40. The van der Waals surface area contributed by atoms with Crippen LogP contribution in [0, 0.1) is 29.2 Å². The van der Waals surface area contributed by atoms with Crippen LogP contribution in [0.1, 0.15) is 29.4 Å². The van der Waals surface area contributed by atoms with Gasteiger partial charge >= 0.3 is 0 Å². The first kappa shape index (κ1) is 30.3. The van der Waals surface area contributed by atoms with E-state index in [0.717, 1.165) is 36.8 Å². The van der Waals surface area contributed by atoms with Gasteiger partial charge in [-0.2, -0.15) is 0 Å². The van der Waals surface area contributed by atoms with Gasteiger partial charge in [-0.05, 0) is 42.7 Å². The Labute approximate surface area is 223 Å². The van der Waals surface area contributed by atoms with Gasteiger partial charge in [-0.3, -0.25) is 9.78 Å². The molecule has 1 aliphatic rings. The lowest BCUT2D eigenvalue weighted by Crippen LogP contribution is -2.46. The highest BCUT2D eigenvalue weighted by Gasteiger charge is 2.27. The van der Waals surface area contributed by atoms with Gasteiger partial charge in [-0.1, -0.05) is 13.0 Å². The Kier molecular flexibility index (Phi) is 10.3. The highest BCUT2D eigenvalue weighted by molar-refractivity contribution is 6.06. The van der Waals surface area contributed by atoms with Crippen LogP contribution < -0.4 is 16.0 Å². The number of anilines is 2. The van der Waals surface area contributed by atoms with Gasteiger partial charge in [0, 0.05) is 19.1 Å². The van der Waals surface area contributed by atoms with Crippen molar-refractivity contribution in [1.29, 1.82) is 0 Å². The third-order valence-electron chi connectivity index (χ3n) is 5.93. The Balaban J connectivity index is 0.00000241. The maximum absolute atomic E-state index is 15.3. The van der Waals surface area contributed by atoms with E-state index in [-0.39, 0.29) is 49.1 Å². The van der Waals surface area contributed by atoms with Crippen molar-refractivity contribution in [2.45, 2.75) is 26.0 Å². The molecule has 0 radical (unpaired) electrons. The van der Waals surface area contributed by atoms with E-state index < -0.39 is 45.9 Å². The summed E-state index contributed by atoms with van der Waals surface area (Å²) in [5.74, 6) is -5.64. The first-order valence-corrected chi connectivity index (χ1v) is 11.0. The number of halogens is 6. The Morgan fingerprint density at radius 1 is 1.08 bits per heavy atom. The summed E-state index contributed by atoms with van der Waals surface area (Å²) in [4.78, 5) is 19.1. The number of aliphatic hydroxyl groups excluding tert-OH is 1. The smallest absolute Gasteiger partial charge is 0.258 e. The normalized spacial score (nSPS) is 17.0. The maximum atomic E-state index is 15.3. The molecule has 4 N–H and O–H groups in total. The van der Waals surface area contributed by atoms with Crippen molar-refractivity contribution in [2.24, 2.45) is 11.7 Å². The number of hydrogen-bond acceptors (Lipinski definition) is 5. The zero-order chi connectivity index (χ0) is 25.3. The van der Waals surface area contributed by atoms with Crippen molar-refractivity contribution in [1.82, 2.24) is 4.98 Å². The molecule has 37 heavy (non-hydrogen) atoms. The standard InChI is InChI=1S/C25H24F4N4O2.2ClH/c1-13-7-14(30)11-33(10-13)21-8-15(12-34)31-9-20(21)32-25(35)16-5-6-19(28)23(24(16)29)22-17(26)3-2-4-18(22)27;;/h2-6,8-9,13-14,34H,7,10-12,30H2,1H3,(H,32,35);2*1H/t13-,14+;;/m1../s1. The van der Waals surface area contributed by atoms with Crippen molar-refractivity contribution in [2.75, 3.05) is 23.3 Å². The monoisotopic (exact) mass is 560 g/mol. The Morgan fingerprint density at radius 2 is 1.73 bits per heavy atom. The number of nitrogens with one attached hydrogen (secondary N) is 1. The lowest BCUT2D eigenvalue weighted by Gasteiger charge is -2.37. The molecule has 0 saturated carbocycles. The van der Waals surface area contributed by atoms with Gasteiger partial charge in [0.25, 0.3) is 5.91 Å². The summed E-state index contributed by atoms with van der Waals surface area (Å²) >= 11 is 0. The molecule has 1 aliphatic heterocycles. The van der Waals surface area contributed by atoms with Crippen LogP contribution in [0.25, 0.3) is 11.1 Å². The molecule has 1 fully saturated rings. The van der Waals surface area contributed by atoms with Crippen LogP contribution in [0.15, 0.2) is 42.6 Å². The van der Waals surface area contributed by atoms with E-state index in [1.165, 1.54) is 6.20 Å². The summed E-state index contributed by atoms with van der Waals surface area (Å²) in [7, 11) is 0. The second-order valence-corrected chi connectivity index (χ2v) is 8.69. The molecule has 12 heteroatoms. The van der Waals surface area contributed by atoms with E-state index in [2.05, 4.69) is 10.3 Å². The molecule has 200 valence electrons. The quantitative estimate of drug-likeness (QED) is 0.379. The molecular weight excluding hydrogens is 535 g/mol. The number of hydrogen-bond donors (Lipinski definition) is 3. The van der Waals surface area contributed by atoms with Crippen LogP contribution in [0.2, 0.25) is 0 Å². The number of aliphatic hydroxyl groups is 1. The minimum Gasteiger partial charge on any atom is -0.390 e. The molecule has 0 unspecified atom stereocenters. The average molecular weight is 561 g/mol. The van der Waals surface area contributed by atoms with Crippen LogP contribution in [0.3, 0.4) is 0 Å². The molecule has 2 heterocycles. The summed E-state index contributed by atoms with van der Waals surface area (Å²) in [6, 6.07) is 5.97. The Hall–Kier alpha value is -2.92. The molecule has 0 spiro atoms. The summed E-state index contributed by atoms with van der Waals surface area (Å²) in [5, 5.41) is 12.1. The molecule has 3 aromatic rings.